The Labute approximate surface area is 162 Å². The number of amides is 1. The molecule has 0 aliphatic rings. The van der Waals surface area contributed by atoms with Gasteiger partial charge in [-0.1, -0.05) is 59.6 Å². The van der Waals surface area contributed by atoms with E-state index < -0.39 is 6.10 Å². The van der Waals surface area contributed by atoms with Crippen LogP contribution in [0.15, 0.2) is 66.7 Å². The van der Waals surface area contributed by atoms with Crippen LogP contribution in [0.1, 0.15) is 33.2 Å². The lowest BCUT2D eigenvalue weighted by molar-refractivity contribution is 0.102. The topological polar surface area (TPSA) is 49.3 Å². The van der Waals surface area contributed by atoms with Crippen LogP contribution in [0.25, 0.3) is 0 Å². The summed E-state index contributed by atoms with van der Waals surface area (Å²) in [7, 11) is 0. The number of aliphatic hydroxyl groups excluding tert-OH is 1. The summed E-state index contributed by atoms with van der Waals surface area (Å²) < 4.78 is 0. The van der Waals surface area contributed by atoms with Crippen LogP contribution in [-0.4, -0.2) is 11.0 Å². The first kappa shape index (κ1) is 18.5. The standard InChI is InChI=1S/C21H17Cl2NO2/c1-13-7-9-16(18(23)11-13)21(26)24-19-10-8-15(22)12-17(19)20(25)14-5-3-2-4-6-14/h2-12,20,25H,1H3,(H,24,26)/t20-/m1/s1. The van der Waals surface area contributed by atoms with E-state index in [1.165, 1.54) is 0 Å². The highest BCUT2D eigenvalue weighted by atomic mass is 35.5. The fourth-order valence-electron chi connectivity index (χ4n) is 2.68. The van der Waals surface area contributed by atoms with E-state index in [-0.39, 0.29) is 5.91 Å². The van der Waals surface area contributed by atoms with E-state index in [0.717, 1.165) is 5.56 Å². The zero-order valence-electron chi connectivity index (χ0n) is 14.0. The Morgan fingerprint density at radius 2 is 1.73 bits per heavy atom. The molecule has 1 amide bonds. The maximum absolute atomic E-state index is 12.6. The molecule has 0 radical (unpaired) electrons. The van der Waals surface area contributed by atoms with Crippen molar-refractivity contribution in [3.8, 4) is 0 Å². The molecule has 0 aliphatic heterocycles. The van der Waals surface area contributed by atoms with Crippen molar-refractivity contribution in [3.05, 3.63) is 99.0 Å². The zero-order chi connectivity index (χ0) is 18.7. The lowest BCUT2D eigenvalue weighted by atomic mass is 9.99. The number of hydrogen-bond donors (Lipinski definition) is 2. The van der Waals surface area contributed by atoms with E-state index in [9.17, 15) is 9.90 Å². The third-order valence-corrected chi connectivity index (χ3v) is 4.59. The van der Waals surface area contributed by atoms with Crippen molar-refractivity contribution < 1.29 is 9.90 Å². The number of benzene rings is 3. The van der Waals surface area contributed by atoms with Gasteiger partial charge in [0.05, 0.1) is 10.6 Å². The number of anilines is 1. The molecule has 3 aromatic rings. The average Bonchev–Trinajstić information content (AvgIpc) is 2.63. The van der Waals surface area contributed by atoms with Crippen LogP contribution in [-0.2, 0) is 0 Å². The van der Waals surface area contributed by atoms with Crippen molar-refractivity contribution in [1.29, 1.82) is 0 Å². The first-order chi connectivity index (χ1) is 12.5. The van der Waals surface area contributed by atoms with Gasteiger partial charge < -0.3 is 10.4 Å². The predicted molar refractivity (Wildman–Crippen MR) is 106 cm³/mol. The summed E-state index contributed by atoms with van der Waals surface area (Å²) in [5.41, 5.74) is 3.04. The monoisotopic (exact) mass is 385 g/mol. The number of aryl methyl sites for hydroxylation is 1. The zero-order valence-corrected chi connectivity index (χ0v) is 15.6. The SMILES string of the molecule is Cc1ccc(C(=O)Nc2ccc(Cl)cc2[C@H](O)c2ccccc2)c(Cl)c1. The Balaban J connectivity index is 1.94. The summed E-state index contributed by atoms with van der Waals surface area (Å²) in [6, 6.07) is 19.4. The van der Waals surface area contributed by atoms with Crippen LogP contribution in [0, 0.1) is 6.92 Å². The molecule has 3 aromatic carbocycles. The predicted octanol–water partition coefficient (Wildman–Crippen LogP) is 5.64. The van der Waals surface area contributed by atoms with Gasteiger partial charge in [-0.2, -0.15) is 0 Å². The number of carbonyl (C=O) groups excluding carboxylic acids is 1. The molecule has 132 valence electrons. The lowest BCUT2D eigenvalue weighted by Gasteiger charge is -2.17. The Morgan fingerprint density at radius 3 is 2.42 bits per heavy atom. The summed E-state index contributed by atoms with van der Waals surface area (Å²) in [5, 5.41) is 14.4. The van der Waals surface area contributed by atoms with Crippen molar-refractivity contribution in [2.75, 3.05) is 5.32 Å². The third kappa shape index (κ3) is 4.07. The maximum atomic E-state index is 12.6. The van der Waals surface area contributed by atoms with Crippen LogP contribution in [0.5, 0.6) is 0 Å². The molecule has 0 saturated carbocycles. The smallest absolute Gasteiger partial charge is 0.257 e. The first-order valence-corrected chi connectivity index (χ1v) is 8.81. The fourth-order valence-corrected chi connectivity index (χ4v) is 3.18. The summed E-state index contributed by atoms with van der Waals surface area (Å²) in [5.74, 6) is -0.348. The minimum absolute atomic E-state index is 0.348. The molecule has 0 aliphatic carbocycles. The number of aliphatic hydroxyl groups is 1. The Bertz CT molecular complexity index is 942. The van der Waals surface area contributed by atoms with Crippen molar-refractivity contribution >= 4 is 34.8 Å². The normalized spacial score (nSPS) is 11.8. The molecule has 3 rings (SSSR count). The van der Waals surface area contributed by atoms with Gasteiger partial charge in [-0.05, 0) is 48.4 Å². The average molecular weight is 386 g/mol. The second-order valence-electron chi connectivity index (χ2n) is 5.98. The van der Waals surface area contributed by atoms with Crippen LogP contribution < -0.4 is 5.32 Å². The summed E-state index contributed by atoms with van der Waals surface area (Å²) in [6.07, 6.45) is -0.918. The Hall–Kier alpha value is -2.33. The van der Waals surface area contributed by atoms with E-state index >= 15 is 0 Å². The number of nitrogens with one attached hydrogen (secondary N) is 1. The molecular formula is C21H17Cl2NO2. The summed E-state index contributed by atoms with van der Waals surface area (Å²) >= 11 is 12.3. The largest absolute Gasteiger partial charge is 0.384 e. The highest BCUT2D eigenvalue weighted by Crippen LogP contribution is 2.31. The molecule has 0 saturated heterocycles. The Morgan fingerprint density at radius 1 is 1.00 bits per heavy atom. The van der Waals surface area contributed by atoms with Crippen molar-refractivity contribution in [2.45, 2.75) is 13.0 Å². The van der Waals surface area contributed by atoms with Crippen molar-refractivity contribution in [1.82, 2.24) is 0 Å². The Kier molecular flexibility index (Phi) is 5.62. The van der Waals surface area contributed by atoms with E-state index in [1.807, 2.05) is 43.3 Å². The van der Waals surface area contributed by atoms with Crippen LogP contribution in [0.4, 0.5) is 5.69 Å². The first-order valence-electron chi connectivity index (χ1n) is 8.05. The molecule has 5 heteroatoms. The molecule has 26 heavy (non-hydrogen) atoms. The minimum Gasteiger partial charge on any atom is -0.384 e. The van der Waals surface area contributed by atoms with E-state index in [0.29, 0.717) is 32.4 Å². The summed E-state index contributed by atoms with van der Waals surface area (Å²) in [4.78, 5) is 12.6. The molecule has 0 aromatic heterocycles. The van der Waals surface area contributed by atoms with Gasteiger partial charge in [0.25, 0.3) is 5.91 Å². The van der Waals surface area contributed by atoms with Crippen LogP contribution in [0.2, 0.25) is 10.0 Å². The molecule has 2 N–H and O–H groups in total. The van der Waals surface area contributed by atoms with Gasteiger partial charge in [0, 0.05) is 16.3 Å². The molecule has 0 spiro atoms. The number of carbonyl (C=O) groups is 1. The quantitative estimate of drug-likeness (QED) is 0.610. The van der Waals surface area contributed by atoms with E-state index in [4.69, 9.17) is 23.2 Å². The summed E-state index contributed by atoms with van der Waals surface area (Å²) in [6.45, 7) is 1.90. The van der Waals surface area contributed by atoms with Gasteiger partial charge in [0.1, 0.15) is 6.10 Å². The van der Waals surface area contributed by atoms with E-state index in [1.54, 1.807) is 30.3 Å². The number of hydrogen-bond acceptors (Lipinski definition) is 2. The second-order valence-corrected chi connectivity index (χ2v) is 6.83. The van der Waals surface area contributed by atoms with Crippen molar-refractivity contribution in [2.24, 2.45) is 0 Å². The maximum Gasteiger partial charge on any atom is 0.257 e. The van der Waals surface area contributed by atoms with Gasteiger partial charge in [-0.15, -0.1) is 0 Å². The van der Waals surface area contributed by atoms with Crippen molar-refractivity contribution in [3.63, 3.8) is 0 Å². The van der Waals surface area contributed by atoms with Crippen LogP contribution >= 0.6 is 23.2 Å². The third-order valence-electron chi connectivity index (χ3n) is 4.04. The fraction of sp³-hybridized carbons (Fsp3) is 0.0952. The van der Waals surface area contributed by atoms with Gasteiger partial charge in [-0.25, -0.2) is 0 Å². The number of rotatable bonds is 4. The number of halogens is 2. The van der Waals surface area contributed by atoms with Gasteiger partial charge >= 0.3 is 0 Å². The van der Waals surface area contributed by atoms with Gasteiger partial charge in [0.15, 0.2) is 0 Å². The molecule has 0 fully saturated rings. The lowest BCUT2D eigenvalue weighted by Crippen LogP contribution is -2.15. The van der Waals surface area contributed by atoms with Crippen LogP contribution in [0.3, 0.4) is 0 Å². The molecule has 0 unspecified atom stereocenters. The van der Waals surface area contributed by atoms with Gasteiger partial charge in [0.2, 0.25) is 0 Å². The molecule has 3 nitrogen and oxygen atoms in total. The second kappa shape index (κ2) is 7.92. The minimum atomic E-state index is -0.918. The highest BCUT2D eigenvalue weighted by molar-refractivity contribution is 6.34. The molecule has 0 bridgehead atoms. The van der Waals surface area contributed by atoms with E-state index in [2.05, 4.69) is 5.32 Å². The molecule has 0 heterocycles. The van der Waals surface area contributed by atoms with Gasteiger partial charge in [-0.3, -0.25) is 4.79 Å². The molecule has 1 atom stereocenters. The molecular weight excluding hydrogens is 369 g/mol. The highest BCUT2D eigenvalue weighted by Gasteiger charge is 2.18.